The molecule has 0 N–H and O–H groups in total. The Morgan fingerprint density at radius 3 is 2.47 bits per heavy atom. The number of carbonyl (C=O) groups is 1. The van der Waals surface area contributed by atoms with Crippen molar-refractivity contribution in [2.24, 2.45) is 0 Å². The largest absolute Gasteiger partial charge is 0.343 e. The molecule has 1 heterocycles. The van der Waals surface area contributed by atoms with Gasteiger partial charge in [-0.3, -0.25) is 4.79 Å². The molecule has 0 bridgehead atoms. The highest BCUT2D eigenvalue weighted by Gasteiger charge is 2.26. The molecule has 0 spiro atoms. The number of nitrogens with zero attached hydrogens (tertiary/aromatic N) is 1. The van der Waals surface area contributed by atoms with E-state index in [9.17, 15) is 4.79 Å². The highest BCUT2D eigenvalue weighted by atomic mass is 35.5. The van der Waals surface area contributed by atoms with Crippen LogP contribution >= 0.6 is 23.2 Å². The highest BCUT2D eigenvalue weighted by molar-refractivity contribution is 6.34. The lowest BCUT2D eigenvalue weighted by atomic mass is 9.89. The molecule has 0 aliphatic carbocycles. The molecule has 1 aliphatic heterocycles. The van der Waals surface area contributed by atoms with Crippen LogP contribution in [0.25, 0.3) is 0 Å². The maximum Gasteiger partial charge on any atom is 0.223 e. The molecule has 1 aliphatic rings. The third-order valence-corrected chi connectivity index (χ3v) is 3.70. The first-order chi connectivity index (χ1) is 8.10. The minimum atomic E-state index is 0.222. The summed E-state index contributed by atoms with van der Waals surface area (Å²) in [5.74, 6) is 0.473. The molecule has 1 unspecified atom stereocenters. The molecule has 92 valence electrons. The van der Waals surface area contributed by atoms with Crippen molar-refractivity contribution in [1.82, 2.24) is 4.90 Å². The Balaban J connectivity index is 2.16. The Hall–Kier alpha value is -0.730. The third-order valence-electron chi connectivity index (χ3n) is 3.26. The zero-order chi connectivity index (χ0) is 12.4. The van der Waals surface area contributed by atoms with Gasteiger partial charge in [0.05, 0.1) is 0 Å². The second kappa shape index (κ2) is 5.28. The summed E-state index contributed by atoms with van der Waals surface area (Å²) in [5, 5.41) is 1.27. The number of carbonyl (C=O) groups excluding carboxylic acids is 1. The average Bonchev–Trinajstić information content (AvgIpc) is 2.27. The van der Waals surface area contributed by atoms with Crippen molar-refractivity contribution in [3.8, 4) is 0 Å². The summed E-state index contributed by atoms with van der Waals surface area (Å²) in [6.45, 7) is 3.63. The van der Waals surface area contributed by atoms with Crippen molar-refractivity contribution >= 4 is 29.1 Å². The zero-order valence-electron chi connectivity index (χ0n) is 9.75. The first-order valence-corrected chi connectivity index (χ1v) is 6.59. The number of benzene rings is 1. The summed E-state index contributed by atoms with van der Waals surface area (Å²) in [6, 6.07) is 5.54. The van der Waals surface area contributed by atoms with Gasteiger partial charge < -0.3 is 4.90 Å². The minimum Gasteiger partial charge on any atom is -0.343 e. The van der Waals surface area contributed by atoms with Gasteiger partial charge in [0, 0.05) is 29.6 Å². The monoisotopic (exact) mass is 271 g/mol. The van der Waals surface area contributed by atoms with Crippen LogP contribution in [0.15, 0.2) is 18.2 Å². The molecule has 2 rings (SSSR count). The van der Waals surface area contributed by atoms with E-state index in [0.717, 1.165) is 25.1 Å². The second-order valence-corrected chi connectivity index (χ2v) is 5.24. The number of hydrogen-bond donors (Lipinski definition) is 0. The molecule has 0 radical (unpaired) electrons. The topological polar surface area (TPSA) is 20.3 Å². The van der Waals surface area contributed by atoms with Gasteiger partial charge in [-0.1, -0.05) is 23.2 Å². The van der Waals surface area contributed by atoms with Crippen LogP contribution in [0.2, 0.25) is 10.0 Å². The summed E-state index contributed by atoms with van der Waals surface area (Å²) in [6.07, 6.45) is 1.54. The molecular weight excluding hydrogens is 257 g/mol. The normalized spacial score (nSPS) is 20.8. The van der Waals surface area contributed by atoms with Gasteiger partial charge in [0.25, 0.3) is 0 Å². The van der Waals surface area contributed by atoms with Crippen LogP contribution in [-0.4, -0.2) is 23.9 Å². The lowest BCUT2D eigenvalue weighted by Gasteiger charge is -2.31. The van der Waals surface area contributed by atoms with Gasteiger partial charge in [0.2, 0.25) is 5.91 Å². The second-order valence-electron chi connectivity index (χ2n) is 4.37. The fourth-order valence-corrected chi connectivity index (χ4v) is 2.85. The van der Waals surface area contributed by atoms with E-state index in [4.69, 9.17) is 23.2 Å². The molecule has 17 heavy (non-hydrogen) atoms. The Labute approximate surface area is 112 Å². The molecule has 1 atom stereocenters. The first kappa shape index (κ1) is 12.7. The number of hydrogen-bond acceptors (Lipinski definition) is 1. The number of halogens is 2. The van der Waals surface area contributed by atoms with Crippen molar-refractivity contribution in [3.05, 3.63) is 33.8 Å². The summed E-state index contributed by atoms with van der Waals surface area (Å²) in [5.41, 5.74) is 1.08. The lowest BCUT2D eigenvalue weighted by Crippen LogP contribution is -2.37. The van der Waals surface area contributed by atoms with E-state index in [1.54, 1.807) is 6.07 Å². The molecular formula is C13H15Cl2NO. The number of amides is 1. The molecule has 2 nitrogen and oxygen atoms in total. The van der Waals surface area contributed by atoms with E-state index in [2.05, 4.69) is 0 Å². The smallest absolute Gasteiger partial charge is 0.223 e. The molecule has 1 saturated heterocycles. The van der Waals surface area contributed by atoms with Gasteiger partial charge in [-0.25, -0.2) is 0 Å². The number of rotatable bonds is 2. The predicted molar refractivity (Wildman–Crippen MR) is 70.7 cm³/mol. The van der Waals surface area contributed by atoms with E-state index < -0.39 is 0 Å². The maximum atomic E-state index is 11.8. The molecule has 0 saturated carbocycles. The quantitative estimate of drug-likeness (QED) is 0.803. The Bertz CT molecular complexity index is 413. The lowest BCUT2D eigenvalue weighted by molar-refractivity contribution is -0.133. The van der Waals surface area contributed by atoms with Gasteiger partial charge in [-0.2, -0.15) is 0 Å². The van der Waals surface area contributed by atoms with Gasteiger partial charge in [0.15, 0.2) is 0 Å². The Morgan fingerprint density at radius 2 is 1.94 bits per heavy atom. The van der Waals surface area contributed by atoms with Crippen molar-refractivity contribution in [2.75, 3.05) is 13.1 Å². The standard InChI is InChI=1S/C13H15Cl2NO/c1-2-16-4-3-9(7-13(16)17)10-5-11(14)8-12(15)6-10/h5-6,8-9H,2-4,7H2,1H3. The van der Waals surface area contributed by atoms with Gasteiger partial charge in [0.1, 0.15) is 0 Å². The number of piperidine rings is 1. The van der Waals surface area contributed by atoms with Gasteiger partial charge in [-0.05, 0) is 43.0 Å². The number of likely N-dealkylation sites (tertiary alicyclic amines) is 1. The highest BCUT2D eigenvalue weighted by Crippen LogP contribution is 2.32. The molecule has 1 fully saturated rings. The molecule has 0 aromatic heterocycles. The third kappa shape index (κ3) is 2.93. The molecule has 1 aromatic rings. The first-order valence-electron chi connectivity index (χ1n) is 5.84. The average molecular weight is 272 g/mol. The van der Waals surface area contributed by atoms with Crippen LogP contribution in [0.5, 0.6) is 0 Å². The molecule has 1 amide bonds. The summed E-state index contributed by atoms with van der Waals surface area (Å²) in [7, 11) is 0. The SMILES string of the molecule is CCN1CCC(c2cc(Cl)cc(Cl)c2)CC1=O. The van der Waals surface area contributed by atoms with Gasteiger partial charge in [-0.15, -0.1) is 0 Å². The van der Waals surface area contributed by atoms with Crippen molar-refractivity contribution in [3.63, 3.8) is 0 Å². The van der Waals surface area contributed by atoms with E-state index in [1.165, 1.54) is 0 Å². The summed E-state index contributed by atoms with van der Waals surface area (Å²) >= 11 is 12.0. The van der Waals surface area contributed by atoms with Crippen LogP contribution in [0.1, 0.15) is 31.2 Å². The molecule has 4 heteroatoms. The Morgan fingerprint density at radius 1 is 1.29 bits per heavy atom. The van der Waals surface area contributed by atoms with Crippen LogP contribution in [0.4, 0.5) is 0 Å². The van der Waals surface area contributed by atoms with Crippen molar-refractivity contribution in [2.45, 2.75) is 25.7 Å². The van der Waals surface area contributed by atoms with Crippen LogP contribution in [0.3, 0.4) is 0 Å². The van der Waals surface area contributed by atoms with Crippen molar-refractivity contribution < 1.29 is 4.79 Å². The van der Waals surface area contributed by atoms with Crippen LogP contribution in [-0.2, 0) is 4.79 Å². The minimum absolute atomic E-state index is 0.222. The fraction of sp³-hybridized carbons (Fsp3) is 0.462. The van der Waals surface area contributed by atoms with E-state index >= 15 is 0 Å². The predicted octanol–water partition coefficient (Wildman–Crippen LogP) is 3.72. The van der Waals surface area contributed by atoms with Crippen molar-refractivity contribution in [1.29, 1.82) is 0 Å². The fourth-order valence-electron chi connectivity index (χ4n) is 2.31. The summed E-state index contributed by atoms with van der Waals surface area (Å²) in [4.78, 5) is 13.7. The van der Waals surface area contributed by atoms with E-state index in [1.807, 2.05) is 24.0 Å². The summed E-state index contributed by atoms with van der Waals surface area (Å²) < 4.78 is 0. The Kier molecular flexibility index (Phi) is 3.95. The van der Waals surface area contributed by atoms with Crippen LogP contribution in [0, 0.1) is 0 Å². The molecule has 1 aromatic carbocycles. The maximum absolute atomic E-state index is 11.8. The van der Waals surface area contributed by atoms with Gasteiger partial charge >= 0.3 is 0 Å². The van der Waals surface area contributed by atoms with E-state index in [-0.39, 0.29) is 11.8 Å². The van der Waals surface area contributed by atoms with E-state index in [0.29, 0.717) is 16.5 Å². The zero-order valence-corrected chi connectivity index (χ0v) is 11.3. The van der Waals surface area contributed by atoms with Crippen LogP contribution < -0.4 is 0 Å².